The Balaban J connectivity index is 1.49. The first-order valence-corrected chi connectivity index (χ1v) is 10.4. The Kier molecular flexibility index (Phi) is 8.19. The van der Waals surface area contributed by atoms with E-state index >= 15 is 0 Å². The van der Waals surface area contributed by atoms with E-state index in [4.69, 9.17) is 9.47 Å². The maximum atomic E-state index is 6.17. The lowest BCUT2D eigenvalue weighted by Crippen LogP contribution is -2.47. The molecule has 0 radical (unpaired) electrons. The van der Waals surface area contributed by atoms with Gasteiger partial charge >= 0.3 is 0 Å². The summed E-state index contributed by atoms with van der Waals surface area (Å²) in [5.41, 5.74) is 0.668. The highest BCUT2D eigenvalue weighted by Gasteiger charge is 2.31. The molecule has 2 fully saturated rings. The molecule has 25 heavy (non-hydrogen) atoms. The lowest BCUT2D eigenvalue weighted by Gasteiger charge is -2.38. The van der Waals surface area contributed by atoms with Crippen molar-refractivity contribution in [2.24, 2.45) is 10.8 Å². The van der Waals surface area contributed by atoms with Gasteiger partial charge in [-0.15, -0.1) is 0 Å². The van der Waals surface area contributed by atoms with Gasteiger partial charge in [0.05, 0.1) is 19.3 Å². The fourth-order valence-corrected chi connectivity index (χ4v) is 3.45. The van der Waals surface area contributed by atoms with Crippen LogP contribution in [0.25, 0.3) is 0 Å². The quantitative estimate of drug-likeness (QED) is 0.627. The van der Waals surface area contributed by atoms with Crippen molar-refractivity contribution in [3.63, 3.8) is 0 Å². The van der Waals surface area contributed by atoms with Crippen LogP contribution in [-0.4, -0.2) is 51.1 Å². The molecule has 0 aromatic carbocycles. The molecule has 0 aromatic heterocycles. The summed E-state index contributed by atoms with van der Waals surface area (Å²) in [6, 6.07) is 1.22. The van der Waals surface area contributed by atoms with Gasteiger partial charge in [-0.05, 0) is 62.4 Å². The van der Waals surface area contributed by atoms with Crippen LogP contribution in [0.5, 0.6) is 0 Å². The summed E-state index contributed by atoms with van der Waals surface area (Å²) in [7, 11) is 0. The second kappa shape index (κ2) is 9.68. The minimum atomic E-state index is 0.243. The van der Waals surface area contributed by atoms with Crippen LogP contribution in [0.1, 0.15) is 73.1 Å². The third kappa shape index (κ3) is 8.85. The van der Waals surface area contributed by atoms with Gasteiger partial charge in [-0.25, -0.2) is 0 Å². The highest BCUT2D eigenvalue weighted by molar-refractivity contribution is 4.87. The van der Waals surface area contributed by atoms with Crippen molar-refractivity contribution in [3.8, 4) is 0 Å². The Bertz CT molecular complexity index is 367. The topological polar surface area (TPSA) is 42.5 Å². The van der Waals surface area contributed by atoms with Crippen molar-refractivity contribution in [2.45, 2.75) is 91.3 Å². The monoisotopic (exact) mass is 354 g/mol. The van der Waals surface area contributed by atoms with Gasteiger partial charge in [0.25, 0.3) is 0 Å². The van der Waals surface area contributed by atoms with Crippen LogP contribution in [0.2, 0.25) is 0 Å². The van der Waals surface area contributed by atoms with Crippen LogP contribution >= 0.6 is 0 Å². The van der Waals surface area contributed by atoms with Gasteiger partial charge in [-0.1, -0.05) is 34.6 Å². The van der Waals surface area contributed by atoms with Gasteiger partial charge in [0.1, 0.15) is 0 Å². The van der Waals surface area contributed by atoms with Crippen LogP contribution in [0.3, 0.4) is 0 Å². The molecular weight excluding hydrogens is 312 g/mol. The fourth-order valence-electron chi connectivity index (χ4n) is 3.45. The number of rotatable bonds is 10. The number of nitrogens with one attached hydrogen (secondary N) is 2. The summed E-state index contributed by atoms with van der Waals surface area (Å²) in [6.45, 7) is 16.4. The zero-order valence-electron chi connectivity index (χ0n) is 17.3. The molecular formula is C21H42N2O2. The lowest BCUT2D eigenvalue weighted by molar-refractivity contribution is -0.0515. The SMILES string of the molecule is CC(C)(C)CCN[C@H]1C[C@H](OCC(C)(C)CCN[C@@H]2CCCOC2)C1. The smallest absolute Gasteiger partial charge is 0.0619 e. The van der Waals surface area contributed by atoms with Gasteiger partial charge in [-0.3, -0.25) is 0 Å². The predicted octanol–water partition coefficient (Wildman–Crippen LogP) is 3.74. The van der Waals surface area contributed by atoms with E-state index in [0.717, 1.165) is 39.3 Å². The van der Waals surface area contributed by atoms with E-state index in [1.54, 1.807) is 0 Å². The van der Waals surface area contributed by atoms with E-state index in [9.17, 15) is 0 Å². The molecule has 4 nitrogen and oxygen atoms in total. The molecule has 0 bridgehead atoms. The highest BCUT2D eigenvalue weighted by Crippen LogP contribution is 2.28. The van der Waals surface area contributed by atoms with Crippen molar-refractivity contribution in [3.05, 3.63) is 0 Å². The second-order valence-corrected chi connectivity index (χ2v) is 10.1. The maximum absolute atomic E-state index is 6.17. The van der Waals surface area contributed by atoms with Gasteiger partial charge in [-0.2, -0.15) is 0 Å². The Morgan fingerprint density at radius 3 is 2.28 bits per heavy atom. The molecule has 1 saturated carbocycles. The predicted molar refractivity (Wildman–Crippen MR) is 105 cm³/mol. The highest BCUT2D eigenvalue weighted by atomic mass is 16.5. The summed E-state index contributed by atoms with van der Waals surface area (Å²) in [6.07, 6.45) is 7.66. The Hall–Kier alpha value is -0.160. The van der Waals surface area contributed by atoms with Crippen LogP contribution in [0.15, 0.2) is 0 Å². The van der Waals surface area contributed by atoms with Crippen molar-refractivity contribution in [1.29, 1.82) is 0 Å². The molecule has 1 atom stereocenters. The third-order valence-corrected chi connectivity index (χ3v) is 5.51. The molecule has 0 spiro atoms. The summed E-state index contributed by atoms with van der Waals surface area (Å²) in [5, 5.41) is 7.32. The summed E-state index contributed by atoms with van der Waals surface area (Å²) >= 11 is 0. The molecule has 2 rings (SSSR count). The van der Waals surface area contributed by atoms with Crippen LogP contribution in [-0.2, 0) is 9.47 Å². The molecule has 4 heteroatoms. The zero-order chi connectivity index (χ0) is 18.3. The molecule has 0 amide bonds. The Labute approximate surface area is 155 Å². The van der Waals surface area contributed by atoms with E-state index in [2.05, 4.69) is 45.3 Å². The van der Waals surface area contributed by atoms with Crippen LogP contribution in [0.4, 0.5) is 0 Å². The number of ether oxygens (including phenoxy) is 2. The van der Waals surface area contributed by atoms with E-state index in [1.807, 2.05) is 0 Å². The molecule has 1 heterocycles. The molecule has 2 aliphatic rings. The first kappa shape index (κ1) is 21.1. The van der Waals surface area contributed by atoms with Crippen molar-refractivity contribution in [2.75, 3.05) is 32.9 Å². The maximum Gasteiger partial charge on any atom is 0.0619 e. The summed E-state index contributed by atoms with van der Waals surface area (Å²) in [5.74, 6) is 0. The molecule has 1 aliphatic carbocycles. The van der Waals surface area contributed by atoms with Gasteiger partial charge in [0.15, 0.2) is 0 Å². The molecule has 0 aromatic rings. The van der Waals surface area contributed by atoms with Gasteiger partial charge in [0.2, 0.25) is 0 Å². The largest absolute Gasteiger partial charge is 0.380 e. The Morgan fingerprint density at radius 2 is 1.64 bits per heavy atom. The van der Waals surface area contributed by atoms with Crippen molar-refractivity contribution in [1.82, 2.24) is 10.6 Å². The number of hydrogen-bond donors (Lipinski definition) is 2. The second-order valence-electron chi connectivity index (χ2n) is 10.1. The van der Waals surface area contributed by atoms with Gasteiger partial charge in [0, 0.05) is 18.7 Å². The van der Waals surface area contributed by atoms with E-state index < -0.39 is 0 Å². The zero-order valence-corrected chi connectivity index (χ0v) is 17.3. The average Bonchev–Trinajstić information content (AvgIpc) is 2.48. The van der Waals surface area contributed by atoms with Crippen LogP contribution < -0.4 is 10.6 Å². The number of hydrogen-bond acceptors (Lipinski definition) is 4. The molecule has 0 unspecified atom stereocenters. The van der Waals surface area contributed by atoms with E-state index in [0.29, 0.717) is 23.6 Å². The standard InChI is InChI=1S/C21H42N2O2/c1-20(2,3)8-10-23-18-13-19(14-18)25-16-21(4,5)9-11-22-17-7-6-12-24-15-17/h17-19,22-23H,6-16H2,1-5H3/t17-,18-,19-/m1/s1. The normalized spacial score (nSPS) is 28.0. The van der Waals surface area contributed by atoms with E-state index in [1.165, 1.54) is 32.1 Å². The minimum Gasteiger partial charge on any atom is -0.380 e. The first-order valence-electron chi connectivity index (χ1n) is 10.4. The molecule has 1 saturated heterocycles. The first-order chi connectivity index (χ1) is 11.7. The summed E-state index contributed by atoms with van der Waals surface area (Å²) in [4.78, 5) is 0. The molecule has 148 valence electrons. The van der Waals surface area contributed by atoms with Gasteiger partial charge < -0.3 is 20.1 Å². The minimum absolute atomic E-state index is 0.243. The van der Waals surface area contributed by atoms with Crippen molar-refractivity contribution >= 4 is 0 Å². The Morgan fingerprint density at radius 1 is 0.960 bits per heavy atom. The van der Waals surface area contributed by atoms with Crippen molar-refractivity contribution < 1.29 is 9.47 Å². The third-order valence-electron chi connectivity index (χ3n) is 5.51. The fraction of sp³-hybridized carbons (Fsp3) is 1.00. The summed E-state index contributed by atoms with van der Waals surface area (Å²) < 4.78 is 11.7. The average molecular weight is 355 g/mol. The van der Waals surface area contributed by atoms with Crippen LogP contribution in [0, 0.1) is 10.8 Å². The molecule has 1 aliphatic heterocycles. The lowest BCUT2D eigenvalue weighted by atomic mass is 9.86. The molecule has 2 N–H and O–H groups in total. The van der Waals surface area contributed by atoms with E-state index in [-0.39, 0.29) is 5.41 Å².